The highest BCUT2D eigenvalue weighted by Gasteiger charge is 2.15. The predicted molar refractivity (Wildman–Crippen MR) is 145 cm³/mol. The van der Waals surface area contributed by atoms with Crippen molar-refractivity contribution in [2.45, 2.75) is 13.8 Å². The van der Waals surface area contributed by atoms with E-state index in [1.807, 2.05) is 48.5 Å². The van der Waals surface area contributed by atoms with Crippen LogP contribution in [0.3, 0.4) is 0 Å². The highest BCUT2D eigenvalue weighted by atomic mass is 79.9. The molecule has 0 N–H and O–H groups in total. The number of aryl methyl sites for hydroxylation is 2. The van der Waals surface area contributed by atoms with E-state index in [-0.39, 0.29) is 5.97 Å². The fourth-order valence-corrected chi connectivity index (χ4v) is 3.82. The molecule has 188 valence electrons. The summed E-state index contributed by atoms with van der Waals surface area (Å²) >= 11 is 6.77. The Balaban J connectivity index is 0.000000201. The van der Waals surface area contributed by atoms with Crippen LogP contribution < -0.4 is 0 Å². The summed E-state index contributed by atoms with van der Waals surface area (Å²) in [5.74, 6) is -0.743. The number of carbonyl (C=O) groups excluding carboxylic acids is 2. The molecule has 0 unspecified atom stereocenters. The molecule has 0 saturated carbocycles. The van der Waals surface area contributed by atoms with Gasteiger partial charge in [0.05, 0.1) is 24.6 Å². The minimum atomic E-state index is -0.392. The first-order valence-electron chi connectivity index (χ1n) is 11.2. The van der Waals surface area contributed by atoms with Crippen LogP contribution in [0.1, 0.15) is 34.8 Å². The normalized spacial score (nSPS) is 10.4. The molecule has 0 radical (unpaired) electrons. The minimum absolute atomic E-state index is 0.331. The van der Waals surface area contributed by atoms with Gasteiger partial charge in [-0.2, -0.15) is 10.2 Å². The summed E-state index contributed by atoms with van der Waals surface area (Å²) in [4.78, 5) is 23.3. The van der Waals surface area contributed by atoms with Crippen LogP contribution in [-0.2, 0) is 23.6 Å². The Hall–Kier alpha value is -3.24. The lowest BCUT2D eigenvalue weighted by Gasteiger charge is -2.01. The number of hydrogen-bond donors (Lipinski definition) is 0. The number of esters is 2. The zero-order valence-corrected chi connectivity index (χ0v) is 23.5. The molecule has 10 heteroatoms. The molecule has 0 aliphatic carbocycles. The van der Waals surface area contributed by atoms with Crippen LogP contribution in [0, 0.1) is 0 Å². The van der Waals surface area contributed by atoms with Gasteiger partial charge in [-0.1, -0.05) is 56.1 Å². The van der Waals surface area contributed by atoms with E-state index < -0.39 is 5.97 Å². The van der Waals surface area contributed by atoms with Gasteiger partial charge in [0.2, 0.25) is 0 Å². The molecule has 0 amide bonds. The van der Waals surface area contributed by atoms with E-state index in [0.29, 0.717) is 24.6 Å². The molecule has 0 aliphatic rings. The Bertz CT molecular complexity index is 1330. The average molecular weight is 618 g/mol. The summed E-state index contributed by atoms with van der Waals surface area (Å²) < 4.78 is 15.1. The molecule has 2 aromatic carbocycles. The quantitative estimate of drug-likeness (QED) is 0.245. The Kier molecular flexibility index (Phi) is 9.60. The topological polar surface area (TPSA) is 88.2 Å². The second kappa shape index (κ2) is 12.6. The maximum atomic E-state index is 11.7. The standard InChI is InChI=1S/2C13H13BrN2O2/c1-3-18-13(17)11-8-12(16(2)15-11)9-4-6-10(14)7-5-9;1-3-18-13(17)12-8-11(15-16(12)2)9-4-6-10(14)7-5-9/h2*4-8H,3H2,1-2H3. The zero-order chi connectivity index (χ0) is 26.2. The second-order valence-electron chi connectivity index (χ2n) is 7.53. The predicted octanol–water partition coefficient (Wildman–Crippen LogP) is 6.05. The number of halogens is 2. The summed E-state index contributed by atoms with van der Waals surface area (Å²) in [5, 5.41) is 8.47. The average Bonchev–Trinajstić information content (AvgIpc) is 3.44. The number of carbonyl (C=O) groups is 2. The lowest BCUT2D eigenvalue weighted by atomic mass is 10.1. The number of hydrogen-bond acceptors (Lipinski definition) is 6. The van der Waals surface area contributed by atoms with E-state index >= 15 is 0 Å². The molecule has 0 atom stereocenters. The van der Waals surface area contributed by atoms with Crippen molar-refractivity contribution in [3.05, 3.63) is 81.0 Å². The first kappa shape index (κ1) is 27.3. The van der Waals surface area contributed by atoms with Crippen LogP contribution in [0.5, 0.6) is 0 Å². The van der Waals surface area contributed by atoms with Gasteiger partial charge in [0, 0.05) is 28.6 Å². The molecule has 4 rings (SSSR count). The zero-order valence-electron chi connectivity index (χ0n) is 20.4. The van der Waals surface area contributed by atoms with Crippen molar-refractivity contribution in [2.24, 2.45) is 14.1 Å². The van der Waals surface area contributed by atoms with Crippen LogP contribution in [0.25, 0.3) is 22.5 Å². The Morgan fingerprint density at radius 1 is 0.750 bits per heavy atom. The number of nitrogens with zero attached hydrogens (tertiary/aromatic N) is 4. The van der Waals surface area contributed by atoms with Crippen molar-refractivity contribution < 1.29 is 19.1 Å². The first-order chi connectivity index (χ1) is 17.2. The molecular formula is C26H26Br2N4O4. The van der Waals surface area contributed by atoms with Crippen molar-refractivity contribution in [1.29, 1.82) is 0 Å². The maximum Gasteiger partial charge on any atom is 0.358 e. The second-order valence-corrected chi connectivity index (χ2v) is 9.36. The van der Waals surface area contributed by atoms with E-state index in [1.54, 1.807) is 44.8 Å². The van der Waals surface area contributed by atoms with Gasteiger partial charge in [0.15, 0.2) is 5.69 Å². The molecule has 2 heterocycles. The van der Waals surface area contributed by atoms with Gasteiger partial charge in [-0.05, 0) is 55.8 Å². The van der Waals surface area contributed by atoms with E-state index in [1.165, 1.54) is 4.68 Å². The van der Waals surface area contributed by atoms with Gasteiger partial charge >= 0.3 is 11.9 Å². The molecular weight excluding hydrogens is 592 g/mol. The smallest absolute Gasteiger partial charge is 0.358 e. The molecule has 8 nitrogen and oxygen atoms in total. The third kappa shape index (κ3) is 6.92. The van der Waals surface area contributed by atoms with Gasteiger partial charge < -0.3 is 9.47 Å². The van der Waals surface area contributed by atoms with Crippen molar-refractivity contribution in [3.8, 4) is 22.5 Å². The first-order valence-corrected chi connectivity index (χ1v) is 12.8. The van der Waals surface area contributed by atoms with Gasteiger partial charge in [0.25, 0.3) is 0 Å². The van der Waals surface area contributed by atoms with Gasteiger partial charge in [-0.3, -0.25) is 9.36 Å². The van der Waals surface area contributed by atoms with Crippen molar-refractivity contribution in [1.82, 2.24) is 19.6 Å². The fraction of sp³-hybridized carbons (Fsp3) is 0.231. The highest BCUT2D eigenvalue weighted by Crippen LogP contribution is 2.23. The van der Waals surface area contributed by atoms with Crippen LogP contribution in [0.2, 0.25) is 0 Å². The van der Waals surface area contributed by atoms with E-state index in [2.05, 4.69) is 42.1 Å². The Labute approximate surface area is 226 Å². The molecule has 2 aromatic heterocycles. The SMILES string of the molecule is CCOC(=O)c1cc(-c2ccc(Br)cc2)n(C)n1.CCOC(=O)c1cc(-c2ccc(Br)cc2)nn1C. The van der Waals surface area contributed by atoms with E-state index in [9.17, 15) is 9.59 Å². The monoisotopic (exact) mass is 616 g/mol. The number of benzene rings is 2. The Morgan fingerprint density at radius 2 is 1.28 bits per heavy atom. The number of ether oxygens (including phenoxy) is 2. The summed E-state index contributed by atoms with van der Waals surface area (Å²) in [6.45, 7) is 4.26. The number of rotatable bonds is 6. The highest BCUT2D eigenvalue weighted by molar-refractivity contribution is 9.10. The molecule has 0 saturated heterocycles. The largest absolute Gasteiger partial charge is 0.461 e. The summed E-state index contributed by atoms with van der Waals surface area (Å²) in [6, 6.07) is 19.1. The van der Waals surface area contributed by atoms with E-state index in [4.69, 9.17) is 9.47 Å². The van der Waals surface area contributed by atoms with Crippen molar-refractivity contribution >= 4 is 43.8 Å². The molecule has 36 heavy (non-hydrogen) atoms. The van der Waals surface area contributed by atoms with E-state index in [0.717, 1.165) is 31.5 Å². The molecule has 0 bridgehead atoms. The lowest BCUT2D eigenvalue weighted by molar-refractivity contribution is 0.0506. The third-order valence-electron chi connectivity index (χ3n) is 5.01. The maximum absolute atomic E-state index is 11.7. The summed E-state index contributed by atoms with van der Waals surface area (Å²) in [7, 11) is 3.54. The van der Waals surface area contributed by atoms with Crippen LogP contribution in [0.4, 0.5) is 0 Å². The Morgan fingerprint density at radius 3 is 1.83 bits per heavy atom. The molecule has 4 aromatic rings. The third-order valence-corrected chi connectivity index (χ3v) is 6.07. The summed E-state index contributed by atoms with van der Waals surface area (Å²) in [5.41, 5.74) is 4.39. The van der Waals surface area contributed by atoms with Crippen molar-refractivity contribution in [3.63, 3.8) is 0 Å². The molecule has 0 aliphatic heterocycles. The van der Waals surface area contributed by atoms with Crippen LogP contribution >= 0.6 is 31.9 Å². The molecule has 0 fully saturated rings. The summed E-state index contributed by atoms with van der Waals surface area (Å²) in [6.07, 6.45) is 0. The lowest BCUT2D eigenvalue weighted by Crippen LogP contribution is -2.10. The van der Waals surface area contributed by atoms with Gasteiger partial charge in [-0.25, -0.2) is 9.59 Å². The van der Waals surface area contributed by atoms with Gasteiger partial charge in [0.1, 0.15) is 5.69 Å². The van der Waals surface area contributed by atoms with Crippen molar-refractivity contribution in [2.75, 3.05) is 13.2 Å². The van der Waals surface area contributed by atoms with Crippen LogP contribution in [0.15, 0.2) is 69.6 Å². The number of aromatic nitrogens is 4. The molecule has 0 spiro atoms. The van der Waals surface area contributed by atoms with Gasteiger partial charge in [-0.15, -0.1) is 0 Å². The minimum Gasteiger partial charge on any atom is -0.461 e. The fourth-order valence-electron chi connectivity index (χ4n) is 3.29. The van der Waals surface area contributed by atoms with Crippen LogP contribution in [-0.4, -0.2) is 44.7 Å².